The van der Waals surface area contributed by atoms with Crippen LogP contribution in [0.15, 0.2) is 35.7 Å². The fourth-order valence-electron chi connectivity index (χ4n) is 2.25. The fraction of sp³-hybridized carbons (Fsp3) is 0.333. The van der Waals surface area contributed by atoms with Crippen LogP contribution in [0.1, 0.15) is 34.5 Å². The molecule has 1 aromatic heterocycles. The minimum absolute atomic E-state index is 0.0660. The summed E-state index contributed by atoms with van der Waals surface area (Å²) >= 11 is 1.43. The van der Waals surface area contributed by atoms with Gasteiger partial charge < -0.3 is 14.8 Å². The topological polar surface area (TPSA) is 64.6 Å². The molecule has 0 atom stereocenters. The van der Waals surface area contributed by atoms with Gasteiger partial charge in [-0.1, -0.05) is 12.1 Å². The van der Waals surface area contributed by atoms with E-state index in [2.05, 4.69) is 5.32 Å². The van der Waals surface area contributed by atoms with Crippen molar-refractivity contribution in [1.29, 1.82) is 0 Å². The lowest BCUT2D eigenvalue weighted by atomic mass is 10.1. The maximum atomic E-state index is 11.9. The standard InChI is InChI=1S/C18H21NO4S/c1-22-15-9-8-13(11-16(15)23-2)12-19-18(21)7-3-5-14(20)17-6-4-10-24-17/h4,6,8-11H,3,5,7,12H2,1-2H3,(H,19,21). The minimum Gasteiger partial charge on any atom is -0.493 e. The monoisotopic (exact) mass is 347 g/mol. The van der Waals surface area contributed by atoms with Crippen LogP contribution in [0.25, 0.3) is 0 Å². The van der Waals surface area contributed by atoms with Crippen LogP contribution in [0.5, 0.6) is 11.5 Å². The van der Waals surface area contributed by atoms with E-state index in [-0.39, 0.29) is 11.7 Å². The highest BCUT2D eigenvalue weighted by Gasteiger charge is 2.09. The van der Waals surface area contributed by atoms with Crippen molar-refractivity contribution in [2.45, 2.75) is 25.8 Å². The number of carbonyl (C=O) groups is 2. The average molecular weight is 347 g/mol. The zero-order valence-electron chi connectivity index (χ0n) is 13.8. The van der Waals surface area contributed by atoms with Gasteiger partial charge in [0.25, 0.3) is 0 Å². The van der Waals surface area contributed by atoms with Crippen molar-refractivity contribution in [3.8, 4) is 11.5 Å². The summed E-state index contributed by atoms with van der Waals surface area (Å²) in [4.78, 5) is 24.5. The zero-order chi connectivity index (χ0) is 17.4. The normalized spacial score (nSPS) is 10.2. The molecule has 0 bridgehead atoms. The lowest BCUT2D eigenvalue weighted by Crippen LogP contribution is -2.22. The number of amides is 1. The third kappa shape index (κ3) is 5.09. The van der Waals surface area contributed by atoms with Crippen LogP contribution >= 0.6 is 11.3 Å². The van der Waals surface area contributed by atoms with Gasteiger partial charge in [0.2, 0.25) is 5.91 Å². The summed E-state index contributed by atoms with van der Waals surface area (Å²) in [6.07, 6.45) is 1.28. The van der Waals surface area contributed by atoms with Crippen LogP contribution in [0.4, 0.5) is 0 Å². The van der Waals surface area contributed by atoms with Crippen LogP contribution in [0, 0.1) is 0 Å². The number of Topliss-reactive ketones (excluding diaryl/α,β-unsaturated/α-hetero) is 1. The van der Waals surface area contributed by atoms with Crippen molar-refractivity contribution < 1.29 is 19.1 Å². The molecule has 0 aliphatic rings. The Morgan fingerprint density at radius 2 is 1.88 bits per heavy atom. The molecular weight excluding hydrogens is 326 g/mol. The van der Waals surface area contributed by atoms with Crippen molar-refractivity contribution >= 4 is 23.0 Å². The molecule has 1 N–H and O–H groups in total. The van der Waals surface area contributed by atoms with Crippen LogP contribution < -0.4 is 14.8 Å². The van der Waals surface area contributed by atoms with E-state index in [9.17, 15) is 9.59 Å². The average Bonchev–Trinajstić information content (AvgIpc) is 3.14. The number of ketones is 1. The quantitative estimate of drug-likeness (QED) is 0.706. The molecule has 1 aromatic carbocycles. The predicted molar refractivity (Wildman–Crippen MR) is 93.9 cm³/mol. The number of nitrogens with one attached hydrogen (secondary N) is 1. The second kappa shape index (κ2) is 9.08. The van der Waals surface area contributed by atoms with Crippen molar-refractivity contribution in [1.82, 2.24) is 5.32 Å². The van der Waals surface area contributed by atoms with Gasteiger partial charge in [-0.2, -0.15) is 0 Å². The first kappa shape index (κ1) is 18.0. The van der Waals surface area contributed by atoms with Gasteiger partial charge in [0, 0.05) is 19.4 Å². The highest BCUT2D eigenvalue weighted by molar-refractivity contribution is 7.12. The Hall–Kier alpha value is -2.34. The zero-order valence-corrected chi connectivity index (χ0v) is 14.7. The van der Waals surface area contributed by atoms with Crippen molar-refractivity contribution in [2.24, 2.45) is 0 Å². The second-order valence-corrected chi connectivity index (χ2v) is 6.17. The molecule has 1 heterocycles. The van der Waals surface area contributed by atoms with E-state index in [0.717, 1.165) is 10.4 Å². The summed E-state index contributed by atoms with van der Waals surface area (Å²) in [6, 6.07) is 9.18. The van der Waals surface area contributed by atoms with Crippen LogP contribution in [-0.4, -0.2) is 25.9 Å². The van der Waals surface area contributed by atoms with E-state index in [1.54, 1.807) is 20.3 Å². The van der Waals surface area contributed by atoms with Crippen molar-refractivity contribution in [3.63, 3.8) is 0 Å². The summed E-state index contributed by atoms with van der Waals surface area (Å²) in [6.45, 7) is 0.415. The largest absolute Gasteiger partial charge is 0.493 e. The first-order valence-electron chi connectivity index (χ1n) is 7.68. The van der Waals surface area contributed by atoms with Gasteiger partial charge in [0.15, 0.2) is 17.3 Å². The SMILES string of the molecule is COc1ccc(CNC(=O)CCCC(=O)c2cccs2)cc1OC. The summed E-state index contributed by atoms with van der Waals surface area (Å²) in [5.74, 6) is 1.31. The molecule has 5 nitrogen and oxygen atoms in total. The summed E-state index contributed by atoms with van der Waals surface area (Å²) in [7, 11) is 3.15. The van der Waals surface area contributed by atoms with Crippen molar-refractivity contribution in [3.05, 3.63) is 46.2 Å². The maximum Gasteiger partial charge on any atom is 0.220 e. The molecule has 0 spiro atoms. The van der Waals surface area contributed by atoms with Gasteiger partial charge >= 0.3 is 0 Å². The van der Waals surface area contributed by atoms with Gasteiger partial charge in [0.1, 0.15) is 0 Å². The number of ether oxygens (including phenoxy) is 2. The van der Waals surface area contributed by atoms with Gasteiger partial charge in [0.05, 0.1) is 19.1 Å². The predicted octanol–water partition coefficient (Wildman–Crippen LogP) is 3.43. The lowest BCUT2D eigenvalue weighted by molar-refractivity contribution is -0.121. The number of carbonyl (C=O) groups excluding carboxylic acids is 2. The summed E-state index contributed by atoms with van der Waals surface area (Å²) in [5.41, 5.74) is 0.927. The Kier molecular flexibility index (Phi) is 6.81. The third-order valence-corrected chi connectivity index (χ3v) is 4.45. The van der Waals surface area contributed by atoms with Gasteiger partial charge in [-0.3, -0.25) is 9.59 Å². The van der Waals surface area contributed by atoms with E-state index < -0.39 is 0 Å². The Bertz CT molecular complexity index is 682. The van der Waals surface area contributed by atoms with E-state index in [1.165, 1.54) is 11.3 Å². The van der Waals surface area contributed by atoms with E-state index in [0.29, 0.717) is 37.3 Å². The van der Waals surface area contributed by atoms with Gasteiger partial charge in [-0.15, -0.1) is 11.3 Å². The molecule has 0 aliphatic carbocycles. The van der Waals surface area contributed by atoms with E-state index >= 15 is 0 Å². The molecular formula is C18H21NO4S. The minimum atomic E-state index is -0.0660. The molecule has 0 fully saturated rings. The molecule has 0 aliphatic heterocycles. The number of methoxy groups -OCH3 is 2. The Labute approximate surface area is 145 Å². The fourth-order valence-corrected chi connectivity index (χ4v) is 2.94. The smallest absolute Gasteiger partial charge is 0.220 e. The Morgan fingerprint density at radius 1 is 1.08 bits per heavy atom. The molecule has 128 valence electrons. The van der Waals surface area contributed by atoms with E-state index in [1.807, 2.05) is 29.6 Å². The first-order chi connectivity index (χ1) is 11.6. The summed E-state index contributed by atoms with van der Waals surface area (Å²) < 4.78 is 10.4. The highest BCUT2D eigenvalue weighted by atomic mass is 32.1. The number of rotatable bonds is 9. The number of hydrogen-bond donors (Lipinski definition) is 1. The van der Waals surface area contributed by atoms with Crippen molar-refractivity contribution in [2.75, 3.05) is 14.2 Å². The molecule has 24 heavy (non-hydrogen) atoms. The molecule has 2 aromatic rings. The third-order valence-electron chi connectivity index (χ3n) is 3.54. The molecule has 2 rings (SSSR count). The Balaban J connectivity index is 1.74. The molecule has 0 radical (unpaired) electrons. The molecule has 6 heteroatoms. The molecule has 1 amide bonds. The first-order valence-corrected chi connectivity index (χ1v) is 8.56. The van der Waals surface area contributed by atoms with Gasteiger partial charge in [-0.05, 0) is 35.6 Å². The maximum absolute atomic E-state index is 11.9. The molecule has 0 saturated heterocycles. The molecule has 0 unspecified atom stereocenters. The number of thiophene rings is 1. The summed E-state index contributed by atoms with van der Waals surface area (Å²) in [5, 5.41) is 4.73. The van der Waals surface area contributed by atoms with Crippen LogP contribution in [0.2, 0.25) is 0 Å². The molecule has 0 saturated carbocycles. The number of benzene rings is 1. The Morgan fingerprint density at radius 3 is 2.54 bits per heavy atom. The van der Waals surface area contributed by atoms with E-state index in [4.69, 9.17) is 9.47 Å². The van der Waals surface area contributed by atoms with Crippen LogP contribution in [0.3, 0.4) is 0 Å². The van der Waals surface area contributed by atoms with Gasteiger partial charge in [-0.25, -0.2) is 0 Å². The number of hydrogen-bond acceptors (Lipinski definition) is 5. The second-order valence-electron chi connectivity index (χ2n) is 5.22. The highest BCUT2D eigenvalue weighted by Crippen LogP contribution is 2.27. The van der Waals surface area contributed by atoms with Crippen LogP contribution in [-0.2, 0) is 11.3 Å². The lowest BCUT2D eigenvalue weighted by Gasteiger charge is -2.10.